The van der Waals surface area contributed by atoms with Crippen LogP contribution in [0.15, 0.2) is 10.6 Å². The Balaban J connectivity index is 2.16. The molecular formula is C16H14Cl2F4O2. The van der Waals surface area contributed by atoms with Crippen LogP contribution in [0.25, 0.3) is 0 Å². The lowest BCUT2D eigenvalue weighted by molar-refractivity contribution is -0.147. The summed E-state index contributed by atoms with van der Waals surface area (Å²) in [5.41, 5.74) is -2.23. The SMILES string of the molecule is Cc1c(F)c(F)c(COC(=O)[C@@H]2C(C=C(Cl)Cl)C2(C)C)c(F)c1F. The highest BCUT2D eigenvalue weighted by atomic mass is 35.5. The molecule has 1 aromatic carbocycles. The van der Waals surface area contributed by atoms with Crippen LogP contribution in [0.5, 0.6) is 0 Å². The lowest BCUT2D eigenvalue weighted by atomic mass is 10.1. The van der Waals surface area contributed by atoms with Gasteiger partial charge in [-0.1, -0.05) is 37.0 Å². The van der Waals surface area contributed by atoms with Gasteiger partial charge < -0.3 is 4.74 Å². The molecular weight excluding hydrogens is 371 g/mol. The molecule has 0 radical (unpaired) electrons. The second-order valence-corrected chi connectivity index (χ2v) is 7.26. The number of esters is 1. The van der Waals surface area contributed by atoms with Gasteiger partial charge >= 0.3 is 5.97 Å². The van der Waals surface area contributed by atoms with Crippen LogP contribution in [0.1, 0.15) is 25.0 Å². The van der Waals surface area contributed by atoms with E-state index < -0.39 is 58.3 Å². The van der Waals surface area contributed by atoms with Crippen molar-refractivity contribution >= 4 is 29.2 Å². The Bertz CT molecular complexity index is 698. The van der Waals surface area contributed by atoms with Crippen molar-refractivity contribution in [2.24, 2.45) is 17.3 Å². The van der Waals surface area contributed by atoms with E-state index in [1.165, 1.54) is 6.08 Å². The Morgan fingerprint density at radius 3 is 2.08 bits per heavy atom. The van der Waals surface area contributed by atoms with E-state index in [-0.39, 0.29) is 10.4 Å². The Kier molecular flexibility index (Phi) is 5.21. The molecule has 1 aliphatic carbocycles. The molecule has 0 amide bonds. The van der Waals surface area contributed by atoms with Gasteiger partial charge in [0.05, 0.1) is 11.5 Å². The number of allylic oxidation sites excluding steroid dienone is 1. The molecule has 1 aromatic rings. The van der Waals surface area contributed by atoms with Gasteiger partial charge in [-0.25, -0.2) is 17.6 Å². The fourth-order valence-corrected chi connectivity index (χ4v) is 2.99. The monoisotopic (exact) mass is 384 g/mol. The summed E-state index contributed by atoms with van der Waals surface area (Å²) in [6.45, 7) is 3.53. The van der Waals surface area contributed by atoms with Crippen LogP contribution in [0, 0.1) is 47.4 Å². The fourth-order valence-electron chi connectivity index (χ4n) is 2.72. The first-order valence-corrected chi connectivity index (χ1v) is 7.76. The maximum absolute atomic E-state index is 13.8. The van der Waals surface area contributed by atoms with Crippen molar-refractivity contribution in [3.63, 3.8) is 0 Å². The van der Waals surface area contributed by atoms with E-state index >= 15 is 0 Å². The molecule has 24 heavy (non-hydrogen) atoms. The fraction of sp³-hybridized carbons (Fsp3) is 0.438. The summed E-state index contributed by atoms with van der Waals surface area (Å²) in [5.74, 6) is -7.84. The third-order valence-electron chi connectivity index (χ3n) is 4.40. The minimum absolute atomic E-state index is 0.0110. The predicted octanol–water partition coefficient (Wildman–Crippen LogP) is 5.19. The third kappa shape index (κ3) is 3.26. The Morgan fingerprint density at radius 1 is 1.12 bits per heavy atom. The van der Waals surface area contributed by atoms with Gasteiger partial charge in [0.1, 0.15) is 11.1 Å². The van der Waals surface area contributed by atoms with E-state index in [4.69, 9.17) is 27.9 Å². The van der Waals surface area contributed by atoms with Gasteiger partial charge in [0.2, 0.25) is 0 Å². The zero-order valence-electron chi connectivity index (χ0n) is 13.0. The van der Waals surface area contributed by atoms with Crippen molar-refractivity contribution in [1.82, 2.24) is 0 Å². The largest absolute Gasteiger partial charge is 0.460 e. The first-order chi connectivity index (χ1) is 11.0. The quantitative estimate of drug-likeness (QED) is 0.405. The van der Waals surface area contributed by atoms with Gasteiger partial charge in [-0.15, -0.1) is 0 Å². The van der Waals surface area contributed by atoms with Crippen LogP contribution in [-0.4, -0.2) is 5.97 Å². The average molecular weight is 385 g/mol. The Morgan fingerprint density at radius 2 is 1.62 bits per heavy atom. The van der Waals surface area contributed by atoms with Crippen LogP contribution in [-0.2, 0) is 16.1 Å². The van der Waals surface area contributed by atoms with Crippen molar-refractivity contribution in [2.45, 2.75) is 27.4 Å². The molecule has 132 valence electrons. The molecule has 0 aromatic heterocycles. The lowest BCUT2D eigenvalue weighted by Gasteiger charge is -2.10. The second kappa shape index (κ2) is 6.56. The number of carbonyl (C=O) groups is 1. The summed E-state index contributed by atoms with van der Waals surface area (Å²) in [4.78, 5) is 12.1. The van der Waals surface area contributed by atoms with Crippen molar-refractivity contribution < 1.29 is 27.1 Å². The van der Waals surface area contributed by atoms with Crippen LogP contribution in [0.4, 0.5) is 17.6 Å². The number of carbonyl (C=O) groups excluding carboxylic acids is 1. The normalized spacial score (nSPS) is 21.4. The smallest absolute Gasteiger partial charge is 0.310 e. The minimum Gasteiger partial charge on any atom is -0.460 e. The van der Waals surface area contributed by atoms with Gasteiger partial charge in [0.25, 0.3) is 0 Å². The topological polar surface area (TPSA) is 26.3 Å². The van der Waals surface area contributed by atoms with E-state index in [1.54, 1.807) is 13.8 Å². The van der Waals surface area contributed by atoms with Gasteiger partial charge in [-0.05, 0) is 24.3 Å². The highest BCUT2D eigenvalue weighted by Crippen LogP contribution is 2.60. The van der Waals surface area contributed by atoms with E-state index in [0.717, 1.165) is 6.92 Å². The zero-order valence-corrected chi connectivity index (χ0v) is 14.5. The summed E-state index contributed by atoms with van der Waals surface area (Å²) in [6, 6.07) is 0. The summed E-state index contributed by atoms with van der Waals surface area (Å²) in [7, 11) is 0. The maximum atomic E-state index is 13.8. The Labute approximate surface area is 146 Å². The highest BCUT2D eigenvalue weighted by molar-refractivity contribution is 6.55. The zero-order chi connectivity index (χ0) is 18.4. The summed E-state index contributed by atoms with van der Waals surface area (Å²) in [6.07, 6.45) is 1.47. The number of ether oxygens (including phenoxy) is 1. The molecule has 0 spiro atoms. The van der Waals surface area contributed by atoms with Crippen molar-refractivity contribution in [2.75, 3.05) is 0 Å². The van der Waals surface area contributed by atoms with E-state index in [9.17, 15) is 22.4 Å². The number of benzene rings is 1. The van der Waals surface area contributed by atoms with Crippen molar-refractivity contribution in [1.29, 1.82) is 0 Å². The molecule has 1 saturated carbocycles. The van der Waals surface area contributed by atoms with Gasteiger partial charge in [0.15, 0.2) is 23.3 Å². The highest BCUT2D eigenvalue weighted by Gasteiger charge is 2.61. The van der Waals surface area contributed by atoms with Crippen LogP contribution >= 0.6 is 23.2 Å². The number of hydrogen-bond acceptors (Lipinski definition) is 2. The van der Waals surface area contributed by atoms with Crippen molar-refractivity contribution in [3.8, 4) is 0 Å². The van der Waals surface area contributed by atoms with Crippen molar-refractivity contribution in [3.05, 3.63) is 45.0 Å². The molecule has 8 heteroatoms. The molecule has 2 atom stereocenters. The van der Waals surface area contributed by atoms with E-state index in [0.29, 0.717) is 0 Å². The maximum Gasteiger partial charge on any atom is 0.310 e. The van der Waals surface area contributed by atoms with Gasteiger partial charge in [-0.2, -0.15) is 0 Å². The number of halogens is 6. The molecule has 2 nitrogen and oxygen atoms in total. The summed E-state index contributed by atoms with van der Waals surface area (Å²) >= 11 is 11.1. The molecule has 0 heterocycles. The van der Waals surface area contributed by atoms with Crippen LogP contribution in [0.2, 0.25) is 0 Å². The predicted molar refractivity (Wildman–Crippen MR) is 81.4 cm³/mol. The standard InChI is InChI=1S/C16H14Cl2F4O2/c1-6-11(19)13(21)7(14(22)12(6)20)5-24-15(23)10-8(4-9(17)18)16(10,2)3/h4,8,10H,5H2,1-3H3/t8?,10-/m0/s1. The second-order valence-electron chi connectivity index (χ2n) is 6.25. The van der Waals surface area contributed by atoms with Gasteiger partial charge in [-0.3, -0.25) is 4.79 Å². The average Bonchev–Trinajstić information content (AvgIpc) is 3.02. The first kappa shape index (κ1) is 19.1. The molecule has 0 N–H and O–H groups in total. The molecule has 1 unspecified atom stereocenters. The molecule has 2 rings (SSSR count). The molecule has 1 aliphatic rings. The summed E-state index contributed by atoms with van der Waals surface area (Å²) < 4.78 is 59.3. The Hall–Kier alpha value is -1.27. The number of hydrogen-bond donors (Lipinski definition) is 0. The van der Waals surface area contributed by atoms with E-state index in [1.807, 2.05) is 0 Å². The third-order valence-corrected chi connectivity index (χ3v) is 4.65. The van der Waals surface area contributed by atoms with E-state index in [2.05, 4.69) is 0 Å². The first-order valence-electron chi connectivity index (χ1n) is 7.01. The molecule has 0 saturated heterocycles. The molecule has 0 bridgehead atoms. The number of rotatable bonds is 4. The van der Waals surface area contributed by atoms with Crippen LogP contribution < -0.4 is 0 Å². The van der Waals surface area contributed by atoms with Crippen LogP contribution in [0.3, 0.4) is 0 Å². The summed E-state index contributed by atoms with van der Waals surface area (Å²) in [5, 5.41) is 0. The molecule has 1 fully saturated rings. The minimum atomic E-state index is -1.57. The lowest BCUT2D eigenvalue weighted by Crippen LogP contribution is -2.14. The van der Waals surface area contributed by atoms with Gasteiger partial charge in [0, 0.05) is 5.56 Å². The molecule has 0 aliphatic heterocycles.